The summed E-state index contributed by atoms with van der Waals surface area (Å²) in [4.78, 5) is 43.3. The maximum absolute atomic E-state index is 13.2. The van der Waals surface area contributed by atoms with Crippen LogP contribution in [-0.2, 0) is 32.1 Å². The van der Waals surface area contributed by atoms with Crippen molar-refractivity contribution >= 4 is 53.0 Å². The van der Waals surface area contributed by atoms with E-state index in [0.717, 1.165) is 16.7 Å². The number of halogens is 1. The predicted octanol–water partition coefficient (Wildman–Crippen LogP) is 0.943. The molecule has 5 N–H and O–H groups in total. The van der Waals surface area contributed by atoms with Gasteiger partial charge in [0.15, 0.2) is 12.2 Å². The molecule has 0 bridgehead atoms. The summed E-state index contributed by atoms with van der Waals surface area (Å²) in [5.41, 5.74) is 10.1. The highest BCUT2D eigenvalue weighted by molar-refractivity contribution is 6.06. The lowest BCUT2D eigenvalue weighted by atomic mass is 9.99. The fraction of sp³-hybridized carbons (Fsp3) is 0.304. The molecule has 0 radical (unpaired) electrons. The first-order valence-corrected chi connectivity index (χ1v) is 10.7. The van der Waals surface area contributed by atoms with Gasteiger partial charge in [0.1, 0.15) is 5.84 Å². The molecule has 0 saturated carbocycles. The highest BCUT2D eigenvalue weighted by atomic mass is 35.5. The van der Waals surface area contributed by atoms with Crippen molar-refractivity contribution in [3.05, 3.63) is 53.1 Å². The fourth-order valence-electron chi connectivity index (χ4n) is 4.39. The number of hydrogen-bond donors (Lipinski definition) is 4. The summed E-state index contributed by atoms with van der Waals surface area (Å²) >= 11 is 0. The average molecular weight is 486 g/mol. The van der Waals surface area contributed by atoms with Crippen LogP contribution >= 0.6 is 12.4 Å². The number of aliphatic imine (C=N–C) groups is 1. The van der Waals surface area contributed by atoms with Gasteiger partial charge in [0.05, 0.1) is 13.2 Å². The lowest BCUT2D eigenvalue weighted by Crippen LogP contribution is -2.55. The molecule has 2 atom stereocenters. The molecule has 2 aromatic carbocycles. The molecule has 2 aromatic rings. The van der Waals surface area contributed by atoms with Gasteiger partial charge >= 0.3 is 0 Å². The smallest absolute Gasteiger partial charge is 0.259 e. The van der Waals surface area contributed by atoms with Crippen LogP contribution in [0.4, 0.5) is 17.1 Å². The molecule has 1 fully saturated rings. The summed E-state index contributed by atoms with van der Waals surface area (Å²) in [6.45, 7) is 0.862. The molecule has 3 aliphatic rings. The van der Waals surface area contributed by atoms with Gasteiger partial charge in [0, 0.05) is 35.6 Å². The molecule has 3 heterocycles. The highest BCUT2D eigenvalue weighted by Crippen LogP contribution is 2.33. The number of carbonyl (C=O) groups is 3. The Balaban J connectivity index is 0.00000274. The summed E-state index contributed by atoms with van der Waals surface area (Å²) in [7, 11) is 0. The number of aliphatic hydroxyl groups excluding tert-OH is 1. The van der Waals surface area contributed by atoms with Crippen molar-refractivity contribution in [1.82, 2.24) is 0 Å². The van der Waals surface area contributed by atoms with E-state index in [-0.39, 0.29) is 31.5 Å². The minimum absolute atomic E-state index is 0. The van der Waals surface area contributed by atoms with Crippen molar-refractivity contribution in [2.45, 2.75) is 31.6 Å². The number of amides is 3. The van der Waals surface area contributed by atoms with Crippen LogP contribution in [0.3, 0.4) is 0 Å². The van der Waals surface area contributed by atoms with E-state index in [0.29, 0.717) is 42.3 Å². The second kappa shape index (κ2) is 9.41. The van der Waals surface area contributed by atoms with Gasteiger partial charge in [-0.1, -0.05) is 6.07 Å². The Bertz CT molecular complexity index is 1200. The van der Waals surface area contributed by atoms with Gasteiger partial charge in [0.25, 0.3) is 11.8 Å². The SMILES string of the molecule is Cl.NC1=NCc2cc(NC(=O)[C@H](O)[C@H]3OCCN(c4cccc5c4CCC(=O)N5)C3=O)ccc21. The largest absolute Gasteiger partial charge is 0.383 e. The molecule has 3 aliphatic heterocycles. The van der Waals surface area contributed by atoms with E-state index in [4.69, 9.17) is 10.5 Å². The van der Waals surface area contributed by atoms with Crippen LogP contribution in [0.15, 0.2) is 41.4 Å². The monoisotopic (exact) mass is 485 g/mol. The number of ether oxygens (including phenoxy) is 1. The lowest BCUT2D eigenvalue weighted by molar-refractivity contribution is -0.150. The number of benzene rings is 2. The zero-order valence-corrected chi connectivity index (χ0v) is 18.9. The number of morpholine rings is 1. The van der Waals surface area contributed by atoms with Gasteiger partial charge in [0.2, 0.25) is 5.91 Å². The van der Waals surface area contributed by atoms with Gasteiger partial charge in [-0.25, -0.2) is 0 Å². The van der Waals surface area contributed by atoms with Crippen LogP contribution in [0.25, 0.3) is 0 Å². The molecule has 10 nitrogen and oxygen atoms in total. The van der Waals surface area contributed by atoms with Crippen LogP contribution in [-0.4, -0.2) is 54.0 Å². The summed E-state index contributed by atoms with van der Waals surface area (Å²) in [5, 5.41) is 16.1. The highest BCUT2D eigenvalue weighted by Gasteiger charge is 2.40. The van der Waals surface area contributed by atoms with Crippen molar-refractivity contribution in [3.8, 4) is 0 Å². The van der Waals surface area contributed by atoms with Crippen molar-refractivity contribution < 1.29 is 24.2 Å². The van der Waals surface area contributed by atoms with Crippen LogP contribution in [0.2, 0.25) is 0 Å². The molecule has 0 aromatic heterocycles. The van der Waals surface area contributed by atoms with Gasteiger partial charge in [-0.05, 0) is 47.9 Å². The van der Waals surface area contributed by atoms with Crippen LogP contribution in [0.1, 0.15) is 23.1 Å². The molecule has 1 saturated heterocycles. The fourth-order valence-corrected chi connectivity index (χ4v) is 4.39. The number of hydrogen-bond acceptors (Lipinski definition) is 7. The van der Waals surface area contributed by atoms with Crippen LogP contribution in [0, 0.1) is 0 Å². The quantitative estimate of drug-likeness (QED) is 0.507. The molecule has 3 amide bonds. The summed E-state index contributed by atoms with van der Waals surface area (Å²) in [5.74, 6) is -0.876. The minimum atomic E-state index is -1.70. The van der Waals surface area contributed by atoms with Gasteiger partial charge in [-0.2, -0.15) is 0 Å². The Kier molecular flexibility index (Phi) is 6.56. The van der Waals surface area contributed by atoms with Gasteiger partial charge < -0.3 is 31.1 Å². The molecular formula is C23H24ClN5O5. The second-order valence-corrected chi connectivity index (χ2v) is 8.14. The molecule has 178 valence electrons. The van der Waals surface area contributed by atoms with Crippen molar-refractivity contribution in [2.75, 3.05) is 28.7 Å². The maximum atomic E-state index is 13.2. The van der Waals surface area contributed by atoms with E-state index in [2.05, 4.69) is 15.6 Å². The number of fused-ring (bicyclic) bond motifs is 2. The summed E-state index contributed by atoms with van der Waals surface area (Å²) in [6, 6.07) is 10.5. The van der Waals surface area contributed by atoms with E-state index in [1.165, 1.54) is 4.90 Å². The predicted molar refractivity (Wildman–Crippen MR) is 128 cm³/mol. The number of nitrogens with one attached hydrogen (secondary N) is 2. The van der Waals surface area contributed by atoms with Crippen molar-refractivity contribution in [3.63, 3.8) is 0 Å². The van der Waals surface area contributed by atoms with E-state index in [1.807, 2.05) is 0 Å². The first-order valence-electron chi connectivity index (χ1n) is 10.7. The third-order valence-corrected chi connectivity index (χ3v) is 6.06. The Morgan fingerprint density at radius 3 is 2.91 bits per heavy atom. The maximum Gasteiger partial charge on any atom is 0.259 e. The number of rotatable bonds is 4. The van der Waals surface area contributed by atoms with Gasteiger partial charge in [-0.15, -0.1) is 12.4 Å². The van der Waals surface area contributed by atoms with Crippen LogP contribution < -0.4 is 21.3 Å². The lowest BCUT2D eigenvalue weighted by Gasteiger charge is -2.36. The summed E-state index contributed by atoms with van der Waals surface area (Å²) in [6.07, 6.45) is -2.22. The Hall–Kier alpha value is -3.47. The van der Waals surface area contributed by atoms with E-state index < -0.39 is 24.0 Å². The molecule has 0 unspecified atom stereocenters. The van der Waals surface area contributed by atoms with Crippen molar-refractivity contribution in [2.24, 2.45) is 10.7 Å². The minimum Gasteiger partial charge on any atom is -0.383 e. The molecule has 0 aliphatic carbocycles. The van der Waals surface area contributed by atoms with E-state index in [9.17, 15) is 19.5 Å². The Labute approximate surface area is 201 Å². The molecule has 0 spiro atoms. The van der Waals surface area contributed by atoms with E-state index in [1.54, 1.807) is 36.4 Å². The molecule has 5 rings (SSSR count). The number of amidine groups is 1. The number of carbonyl (C=O) groups excluding carboxylic acids is 3. The number of nitrogens with zero attached hydrogens (tertiary/aromatic N) is 2. The Morgan fingerprint density at radius 1 is 1.26 bits per heavy atom. The zero-order valence-electron chi connectivity index (χ0n) is 18.1. The second-order valence-electron chi connectivity index (χ2n) is 8.14. The molecular weight excluding hydrogens is 462 g/mol. The number of anilines is 3. The summed E-state index contributed by atoms with van der Waals surface area (Å²) < 4.78 is 5.51. The normalized spacial score (nSPS) is 19.9. The average Bonchev–Trinajstić information content (AvgIpc) is 3.18. The standard InChI is InChI=1S/C23H23N5O5.ClH/c24-21-14-5-4-13(10-12(14)11-25-21)26-22(31)19(30)20-23(32)28(8-9-33-20)17-3-1-2-16-15(17)6-7-18(29)27-16;/h1-5,10,19-20,30H,6-9,11H2,(H2,24,25)(H,26,31)(H,27,29);1H/t19-,20-;/m1./s1. The van der Waals surface area contributed by atoms with E-state index >= 15 is 0 Å². The molecule has 34 heavy (non-hydrogen) atoms. The number of aliphatic hydroxyl groups is 1. The zero-order chi connectivity index (χ0) is 23.1. The number of nitrogens with two attached hydrogens (primary N) is 1. The molecule has 11 heteroatoms. The van der Waals surface area contributed by atoms with Crippen molar-refractivity contribution in [1.29, 1.82) is 0 Å². The van der Waals surface area contributed by atoms with Crippen LogP contribution in [0.5, 0.6) is 0 Å². The topological polar surface area (TPSA) is 146 Å². The third kappa shape index (κ3) is 4.23. The third-order valence-electron chi connectivity index (χ3n) is 6.06. The Morgan fingerprint density at radius 2 is 2.09 bits per heavy atom. The first-order chi connectivity index (χ1) is 15.9. The first kappa shape index (κ1) is 23.7. The van der Waals surface area contributed by atoms with Gasteiger partial charge in [-0.3, -0.25) is 19.4 Å².